The lowest BCUT2D eigenvalue weighted by Gasteiger charge is -2.09. The minimum atomic E-state index is -0.590. The molecule has 0 saturated heterocycles. The number of aliphatic hydroxyl groups excluding tert-OH is 1. The third-order valence-electron chi connectivity index (χ3n) is 3.97. The Balaban J connectivity index is 2.23. The highest BCUT2D eigenvalue weighted by Crippen LogP contribution is 2.32. The van der Waals surface area contributed by atoms with Gasteiger partial charge in [0.1, 0.15) is 11.3 Å². The van der Waals surface area contributed by atoms with Crippen LogP contribution in [0.1, 0.15) is 51.0 Å². The molecule has 0 radical (unpaired) electrons. The smallest absolute Gasteiger partial charge is 0.347 e. The van der Waals surface area contributed by atoms with Gasteiger partial charge < -0.3 is 19.4 Å². The maximum absolute atomic E-state index is 12.2. The fourth-order valence-corrected chi connectivity index (χ4v) is 2.59. The molecule has 0 aliphatic rings. The van der Waals surface area contributed by atoms with Crippen LogP contribution < -0.4 is 10.4 Å². The van der Waals surface area contributed by atoms with Gasteiger partial charge in [-0.2, -0.15) is 0 Å². The third kappa shape index (κ3) is 5.10. The summed E-state index contributed by atoms with van der Waals surface area (Å²) in [4.78, 5) is 12.2. The lowest BCUT2D eigenvalue weighted by atomic mass is 10.1. The zero-order chi connectivity index (χ0) is 18.1. The van der Waals surface area contributed by atoms with Gasteiger partial charge in [0.15, 0.2) is 11.3 Å². The maximum Gasteiger partial charge on any atom is 0.347 e. The molecule has 0 amide bonds. The van der Waals surface area contributed by atoms with Crippen LogP contribution in [0.2, 0.25) is 0 Å². The number of hydrogen-bond acceptors (Lipinski definition) is 5. The van der Waals surface area contributed by atoms with Crippen molar-refractivity contribution in [2.24, 2.45) is 0 Å². The Morgan fingerprint density at radius 2 is 2.04 bits per heavy atom. The van der Waals surface area contributed by atoms with Gasteiger partial charge in [-0.05, 0) is 31.1 Å². The molecule has 0 spiro atoms. The summed E-state index contributed by atoms with van der Waals surface area (Å²) < 4.78 is 10.9. The first-order valence-corrected chi connectivity index (χ1v) is 8.88. The molecule has 136 valence electrons. The second-order valence-electron chi connectivity index (χ2n) is 5.96. The zero-order valence-corrected chi connectivity index (χ0v) is 14.7. The number of aliphatic hydroxyl groups is 1. The van der Waals surface area contributed by atoms with Gasteiger partial charge in [-0.3, -0.25) is 0 Å². The molecule has 0 aliphatic heterocycles. The predicted molar refractivity (Wildman–Crippen MR) is 99.1 cm³/mol. The third-order valence-corrected chi connectivity index (χ3v) is 3.97. The van der Waals surface area contributed by atoms with Crippen LogP contribution in [0.3, 0.4) is 0 Å². The van der Waals surface area contributed by atoms with Gasteiger partial charge in [0, 0.05) is 13.0 Å². The van der Waals surface area contributed by atoms with E-state index >= 15 is 0 Å². The van der Waals surface area contributed by atoms with Crippen molar-refractivity contribution < 1.29 is 19.4 Å². The number of allylic oxidation sites excluding steroid dienone is 1. The first kappa shape index (κ1) is 19.1. The average molecular weight is 346 g/mol. The highest BCUT2D eigenvalue weighted by Gasteiger charge is 2.15. The van der Waals surface area contributed by atoms with E-state index < -0.39 is 5.63 Å². The van der Waals surface area contributed by atoms with Crippen molar-refractivity contribution in [3.63, 3.8) is 0 Å². The highest BCUT2D eigenvalue weighted by atomic mass is 16.5. The molecule has 2 aromatic rings. The second kappa shape index (κ2) is 9.89. The molecule has 25 heavy (non-hydrogen) atoms. The second-order valence-corrected chi connectivity index (χ2v) is 5.96. The number of ether oxygens (including phenoxy) is 1. The van der Waals surface area contributed by atoms with Crippen LogP contribution in [0.25, 0.3) is 17.0 Å². The number of hydrogen-bond donors (Lipinski definition) is 2. The molecular formula is C20H26O5. The molecule has 0 saturated carbocycles. The molecule has 5 heteroatoms. The van der Waals surface area contributed by atoms with Crippen LogP contribution in [0.4, 0.5) is 0 Å². The van der Waals surface area contributed by atoms with E-state index in [0.717, 1.165) is 19.3 Å². The number of para-hydroxylation sites is 1. The predicted octanol–water partition coefficient (Wildman–Crippen LogP) is 4.24. The Bertz CT molecular complexity index is 761. The van der Waals surface area contributed by atoms with Crippen molar-refractivity contribution in [2.45, 2.75) is 45.4 Å². The van der Waals surface area contributed by atoms with Crippen LogP contribution in [0.15, 0.2) is 33.5 Å². The Kier molecular flexibility index (Phi) is 7.54. The normalized spacial score (nSPS) is 11.4. The number of unbranched alkanes of at least 4 members (excludes halogenated alkanes) is 4. The first-order chi connectivity index (χ1) is 12.2. The average Bonchev–Trinajstić information content (AvgIpc) is 2.61. The van der Waals surface area contributed by atoms with Crippen molar-refractivity contribution in [2.75, 3.05) is 13.2 Å². The standard InChI is InChI=1S/C20H26O5/c1-2-3-4-5-6-7-10-16-18(22)15-11-8-12-17(24-14-9-13-21)19(15)25-20(16)23/h7-8,10-12,21-22H,2-6,9,13-14H2,1H3. The zero-order valence-electron chi connectivity index (χ0n) is 14.7. The van der Waals surface area contributed by atoms with Crippen LogP contribution >= 0.6 is 0 Å². The van der Waals surface area contributed by atoms with E-state index in [1.165, 1.54) is 12.8 Å². The first-order valence-electron chi connectivity index (χ1n) is 8.88. The van der Waals surface area contributed by atoms with Gasteiger partial charge >= 0.3 is 5.63 Å². The lowest BCUT2D eigenvalue weighted by Crippen LogP contribution is -2.05. The van der Waals surface area contributed by atoms with E-state index in [-0.39, 0.29) is 23.5 Å². The fraction of sp³-hybridized carbons (Fsp3) is 0.450. The Morgan fingerprint density at radius 3 is 2.80 bits per heavy atom. The maximum atomic E-state index is 12.2. The molecule has 5 nitrogen and oxygen atoms in total. The minimum absolute atomic E-state index is 0.0210. The number of rotatable bonds is 10. The van der Waals surface area contributed by atoms with E-state index in [2.05, 4.69) is 6.92 Å². The van der Waals surface area contributed by atoms with E-state index in [4.69, 9.17) is 14.3 Å². The number of aromatic hydroxyl groups is 1. The lowest BCUT2D eigenvalue weighted by molar-refractivity contribution is 0.233. The number of benzene rings is 1. The molecule has 1 aromatic carbocycles. The van der Waals surface area contributed by atoms with Crippen molar-refractivity contribution in [1.29, 1.82) is 0 Å². The Hall–Kier alpha value is -2.27. The minimum Gasteiger partial charge on any atom is -0.506 e. The summed E-state index contributed by atoms with van der Waals surface area (Å²) in [6, 6.07) is 5.09. The molecular weight excluding hydrogens is 320 g/mol. The van der Waals surface area contributed by atoms with Gasteiger partial charge in [0.2, 0.25) is 0 Å². The summed E-state index contributed by atoms with van der Waals surface area (Å²) >= 11 is 0. The molecule has 0 aliphatic carbocycles. The van der Waals surface area contributed by atoms with Gasteiger partial charge in [-0.1, -0.05) is 38.3 Å². The molecule has 2 N–H and O–H groups in total. The van der Waals surface area contributed by atoms with E-state index in [1.54, 1.807) is 24.3 Å². The summed E-state index contributed by atoms with van der Waals surface area (Å²) in [6.07, 6.45) is 9.48. The quantitative estimate of drug-likeness (QED) is 0.497. The van der Waals surface area contributed by atoms with Crippen LogP contribution in [-0.2, 0) is 0 Å². The molecule has 1 heterocycles. The highest BCUT2D eigenvalue weighted by molar-refractivity contribution is 5.90. The molecule has 0 atom stereocenters. The summed E-state index contributed by atoms with van der Waals surface area (Å²) in [5.74, 6) is 0.289. The van der Waals surface area contributed by atoms with Crippen LogP contribution in [-0.4, -0.2) is 23.4 Å². The Labute approximate surface area is 147 Å². The van der Waals surface area contributed by atoms with Gasteiger partial charge in [-0.25, -0.2) is 4.79 Å². The summed E-state index contributed by atoms with van der Waals surface area (Å²) in [5, 5.41) is 19.7. The molecule has 0 unspecified atom stereocenters. The van der Waals surface area contributed by atoms with E-state index in [9.17, 15) is 9.90 Å². The number of fused-ring (bicyclic) bond motifs is 1. The van der Waals surface area contributed by atoms with Crippen LogP contribution in [0, 0.1) is 0 Å². The summed E-state index contributed by atoms with van der Waals surface area (Å²) in [6.45, 7) is 2.49. The van der Waals surface area contributed by atoms with Crippen molar-refractivity contribution >= 4 is 17.0 Å². The van der Waals surface area contributed by atoms with Crippen LogP contribution in [0.5, 0.6) is 11.5 Å². The topological polar surface area (TPSA) is 79.9 Å². The monoisotopic (exact) mass is 346 g/mol. The fourth-order valence-electron chi connectivity index (χ4n) is 2.59. The van der Waals surface area contributed by atoms with Gasteiger partial charge in [0.25, 0.3) is 0 Å². The van der Waals surface area contributed by atoms with Crippen molar-refractivity contribution in [1.82, 2.24) is 0 Å². The SMILES string of the molecule is CCCCCCC=Cc1c(O)c2cccc(OCCCO)c2oc1=O. The molecule has 2 rings (SSSR count). The largest absolute Gasteiger partial charge is 0.506 e. The summed E-state index contributed by atoms with van der Waals surface area (Å²) in [5.41, 5.74) is -0.202. The molecule has 0 fully saturated rings. The summed E-state index contributed by atoms with van der Waals surface area (Å²) in [7, 11) is 0. The molecule has 0 bridgehead atoms. The van der Waals surface area contributed by atoms with Crippen molar-refractivity contribution in [3.05, 3.63) is 40.3 Å². The van der Waals surface area contributed by atoms with E-state index in [1.807, 2.05) is 6.08 Å². The van der Waals surface area contributed by atoms with Gasteiger partial charge in [-0.15, -0.1) is 0 Å². The van der Waals surface area contributed by atoms with E-state index in [0.29, 0.717) is 24.2 Å². The van der Waals surface area contributed by atoms with Gasteiger partial charge in [0.05, 0.1) is 12.0 Å². The Morgan fingerprint density at radius 1 is 1.20 bits per heavy atom. The van der Waals surface area contributed by atoms with Crippen molar-refractivity contribution in [3.8, 4) is 11.5 Å². The molecule has 1 aromatic heterocycles.